The molecule has 0 spiro atoms. The van der Waals surface area contributed by atoms with Gasteiger partial charge in [0.05, 0.1) is 31.0 Å². The number of carbonyl (C=O) groups excluding carboxylic acids is 2. The van der Waals surface area contributed by atoms with Crippen LogP contribution in [-0.4, -0.2) is 58.3 Å². The molecular weight excluding hydrogens is 577 g/mol. The first-order valence-corrected chi connectivity index (χ1v) is 14.5. The summed E-state index contributed by atoms with van der Waals surface area (Å²) in [7, 11) is 0. The van der Waals surface area contributed by atoms with Crippen molar-refractivity contribution in [2.45, 2.75) is 65.1 Å². The van der Waals surface area contributed by atoms with Crippen LogP contribution >= 0.6 is 11.6 Å². The fourth-order valence-electron chi connectivity index (χ4n) is 6.27. The lowest BCUT2D eigenvalue weighted by Gasteiger charge is -2.48. The van der Waals surface area contributed by atoms with E-state index in [-0.39, 0.29) is 47.8 Å². The molecule has 3 aliphatic rings. The Balaban J connectivity index is 1.37. The van der Waals surface area contributed by atoms with Gasteiger partial charge in [0.15, 0.2) is 17.3 Å². The van der Waals surface area contributed by atoms with Crippen LogP contribution in [0.15, 0.2) is 46.3 Å². The second kappa shape index (κ2) is 11.6. The summed E-state index contributed by atoms with van der Waals surface area (Å²) in [4.78, 5) is 41.2. The summed E-state index contributed by atoms with van der Waals surface area (Å²) in [5, 5.41) is 19.4. The van der Waals surface area contributed by atoms with E-state index in [2.05, 4.69) is 21.6 Å². The first-order chi connectivity index (χ1) is 20.4. The van der Waals surface area contributed by atoms with Gasteiger partial charge in [0.25, 0.3) is 5.91 Å². The third kappa shape index (κ3) is 5.69. The van der Waals surface area contributed by atoms with Gasteiger partial charge in [0, 0.05) is 28.1 Å². The van der Waals surface area contributed by atoms with Gasteiger partial charge in [0.2, 0.25) is 5.91 Å². The topological polar surface area (TPSA) is 137 Å². The van der Waals surface area contributed by atoms with Crippen LogP contribution in [0.25, 0.3) is 0 Å². The fourth-order valence-corrected chi connectivity index (χ4v) is 6.60. The van der Waals surface area contributed by atoms with E-state index < -0.39 is 40.2 Å². The van der Waals surface area contributed by atoms with Crippen LogP contribution < -0.4 is 15.6 Å². The smallest absolute Gasteiger partial charge is 0.307 e. The van der Waals surface area contributed by atoms with E-state index >= 15 is 4.39 Å². The minimum absolute atomic E-state index is 0.0173. The number of H-pyrrole nitrogens is 1. The van der Waals surface area contributed by atoms with Crippen molar-refractivity contribution in [3.63, 3.8) is 0 Å². The van der Waals surface area contributed by atoms with Gasteiger partial charge in [0.1, 0.15) is 11.5 Å². The molecule has 1 unspecified atom stereocenters. The number of nitriles is 1. The van der Waals surface area contributed by atoms with Gasteiger partial charge in [-0.05, 0) is 63.8 Å². The summed E-state index contributed by atoms with van der Waals surface area (Å²) in [6, 6.07) is 4.56. The highest BCUT2D eigenvalue weighted by atomic mass is 35.5. The Morgan fingerprint density at radius 3 is 2.63 bits per heavy atom. The predicted octanol–water partition coefficient (Wildman–Crippen LogP) is 4.43. The minimum Gasteiger partial charge on any atom is -0.448 e. The molecule has 0 bridgehead atoms. The second-order valence-electron chi connectivity index (χ2n) is 11.9. The Bertz CT molecular complexity index is 1600. The highest BCUT2D eigenvalue weighted by Crippen LogP contribution is 2.49. The number of rotatable bonds is 7. The summed E-state index contributed by atoms with van der Waals surface area (Å²) in [5.74, 6) is -2.18. The molecule has 43 heavy (non-hydrogen) atoms. The molecule has 1 aromatic heterocycles. The van der Waals surface area contributed by atoms with Crippen molar-refractivity contribution in [3.05, 3.63) is 74.5 Å². The van der Waals surface area contributed by atoms with Crippen molar-refractivity contribution in [2.75, 3.05) is 13.2 Å². The first-order valence-electron chi connectivity index (χ1n) is 14.1. The standard InChI is InChI=1S/C31H33ClFN5O5/c1-17-10-20(12-22(33)26(17)43-23-11-18(2)36-37-28(23)40)27(39)35-19(3)29(41)38-24(30(4)9-5-6-21(32)13-30)7-8-25(38)31(14-34)15-42-16-31/h5-6,10-13,19,24-25H,7-9,15-16H2,1-4H3,(H,35,39)(H,37,40)/t19-,24+,25-,30?/m1/s1. The predicted molar refractivity (Wildman–Crippen MR) is 156 cm³/mol. The molecule has 2 amide bonds. The Labute approximate surface area is 253 Å². The zero-order valence-electron chi connectivity index (χ0n) is 24.4. The number of allylic oxidation sites excluding steroid dienone is 3. The molecule has 10 nitrogen and oxygen atoms in total. The van der Waals surface area contributed by atoms with E-state index in [1.807, 2.05) is 25.2 Å². The lowest BCUT2D eigenvalue weighted by molar-refractivity contribution is -0.153. The van der Waals surface area contributed by atoms with Gasteiger partial charge in [-0.25, -0.2) is 9.49 Å². The molecule has 3 heterocycles. The lowest BCUT2D eigenvalue weighted by Crippen LogP contribution is -2.62. The molecule has 4 atom stereocenters. The highest BCUT2D eigenvalue weighted by Gasteiger charge is 2.57. The number of hydrogen-bond acceptors (Lipinski definition) is 7. The van der Waals surface area contributed by atoms with Crippen molar-refractivity contribution in [3.8, 4) is 17.6 Å². The zero-order valence-corrected chi connectivity index (χ0v) is 25.1. The van der Waals surface area contributed by atoms with E-state index in [0.717, 1.165) is 6.07 Å². The molecule has 0 saturated carbocycles. The number of carbonyl (C=O) groups is 2. The first kappa shape index (κ1) is 30.4. The average Bonchev–Trinajstić information content (AvgIpc) is 3.38. The van der Waals surface area contributed by atoms with Crippen molar-refractivity contribution < 1.29 is 23.5 Å². The number of aryl methyl sites for hydroxylation is 2. The van der Waals surface area contributed by atoms with Crippen molar-refractivity contribution >= 4 is 23.4 Å². The molecule has 2 N–H and O–H groups in total. The molecule has 2 aliphatic heterocycles. The van der Waals surface area contributed by atoms with Gasteiger partial charge in [-0.1, -0.05) is 30.7 Å². The summed E-state index contributed by atoms with van der Waals surface area (Å²) in [6.45, 7) is 7.28. The van der Waals surface area contributed by atoms with E-state index in [0.29, 0.717) is 30.0 Å². The number of halogens is 2. The molecule has 1 aromatic carbocycles. The molecule has 2 aromatic rings. The van der Waals surface area contributed by atoms with Crippen LogP contribution in [0.3, 0.4) is 0 Å². The van der Waals surface area contributed by atoms with E-state index in [1.165, 1.54) is 12.1 Å². The maximum Gasteiger partial charge on any atom is 0.307 e. The number of amides is 2. The molecule has 226 valence electrons. The van der Waals surface area contributed by atoms with E-state index in [4.69, 9.17) is 21.1 Å². The number of benzene rings is 1. The molecular formula is C31H33ClFN5O5. The average molecular weight is 610 g/mol. The SMILES string of the molecule is Cc1cc(Oc2c(C)cc(C(=O)N[C@H](C)C(=O)N3[C@H](C4(C)C=C(Cl)C=CC4)CC[C@@H]3C3(C#N)COC3)cc2F)c(=O)[nH]n1. The Kier molecular flexibility index (Phi) is 8.20. The van der Waals surface area contributed by atoms with Gasteiger partial charge in [-0.3, -0.25) is 14.4 Å². The van der Waals surface area contributed by atoms with Crippen LogP contribution in [0.1, 0.15) is 54.7 Å². The minimum atomic E-state index is -0.979. The molecule has 2 saturated heterocycles. The van der Waals surface area contributed by atoms with Gasteiger partial charge in [-0.2, -0.15) is 10.4 Å². The van der Waals surface area contributed by atoms with Crippen LogP contribution in [-0.2, 0) is 9.53 Å². The van der Waals surface area contributed by atoms with Gasteiger partial charge < -0.3 is 19.7 Å². The van der Waals surface area contributed by atoms with Crippen LogP contribution in [0.4, 0.5) is 4.39 Å². The molecule has 12 heteroatoms. The molecule has 0 radical (unpaired) electrons. The van der Waals surface area contributed by atoms with Crippen LogP contribution in [0.2, 0.25) is 0 Å². The number of nitrogens with one attached hydrogen (secondary N) is 2. The monoisotopic (exact) mass is 609 g/mol. The third-order valence-corrected chi connectivity index (χ3v) is 8.84. The van der Waals surface area contributed by atoms with Crippen LogP contribution in [0.5, 0.6) is 11.5 Å². The Morgan fingerprint density at radius 1 is 1.28 bits per heavy atom. The van der Waals surface area contributed by atoms with Crippen molar-refractivity contribution in [1.82, 2.24) is 20.4 Å². The number of ether oxygens (including phenoxy) is 2. The zero-order chi connectivity index (χ0) is 31.1. The number of aromatic nitrogens is 2. The van der Waals surface area contributed by atoms with Crippen LogP contribution in [0, 0.1) is 41.8 Å². The summed E-state index contributed by atoms with van der Waals surface area (Å²) >= 11 is 6.38. The Morgan fingerprint density at radius 2 is 2.00 bits per heavy atom. The largest absolute Gasteiger partial charge is 0.448 e. The summed E-state index contributed by atoms with van der Waals surface area (Å²) in [5.41, 5.74) is -1.18. The third-order valence-electron chi connectivity index (χ3n) is 8.60. The maximum atomic E-state index is 15.2. The number of aromatic amines is 1. The fraction of sp³-hybridized carbons (Fsp3) is 0.452. The van der Waals surface area contributed by atoms with Gasteiger partial charge >= 0.3 is 5.56 Å². The summed E-state index contributed by atoms with van der Waals surface area (Å²) in [6.07, 6.45) is 7.71. The number of likely N-dealkylation sites (tertiary alicyclic amines) is 1. The molecule has 1 aliphatic carbocycles. The van der Waals surface area contributed by atoms with E-state index in [9.17, 15) is 19.6 Å². The molecule has 5 rings (SSSR count). The molecule has 2 fully saturated rings. The van der Waals surface area contributed by atoms with Crippen molar-refractivity contribution in [1.29, 1.82) is 5.26 Å². The quantitative estimate of drug-likeness (QED) is 0.474. The number of hydrogen-bond donors (Lipinski definition) is 2. The maximum absolute atomic E-state index is 15.2. The summed E-state index contributed by atoms with van der Waals surface area (Å²) < 4.78 is 26.1. The lowest BCUT2D eigenvalue weighted by atomic mass is 9.75. The van der Waals surface area contributed by atoms with Gasteiger partial charge in [-0.15, -0.1) is 0 Å². The van der Waals surface area contributed by atoms with Crippen molar-refractivity contribution in [2.24, 2.45) is 10.8 Å². The van der Waals surface area contributed by atoms with E-state index in [1.54, 1.807) is 25.7 Å². The normalized spacial score (nSPS) is 24.9. The number of nitrogens with zero attached hydrogens (tertiary/aromatic N) is 3. The Hall–Kier alpha value is -4.01. The highest BCUT2D eigenvalue weighted by molar-refractivity contribution is 6.31. The second-order valence-corrected chi connectivity index (χ2v) is 12.3.